The van der Waals surface area contributed by atoms with Gasteiger partial charge in [-0.05, 0) is 37.8 Å². The number of nitrogens with zero attached hydrogens (tertiary/aromatic N) is 3. The van der Waals surface area contributed by atoms with E-state index in [0.29, 0.717) is 25.3 Å². The molecule has 2 aliphatic heterocycles. The van der Waals surface area contributed by atoms with E-state index in [1.165, 1.54) is 6.26 Å². The van der Waals surface area contributed by atoms with Gasteiger partial charge in [-0.2, -0.15) is 4.31 Å². The van der Waals surface area contributed by atoms with Crippen molar-refractivity contribution in [1.29, 1.82) is 0 Å². The molecular formula is C15H23N3O3S. The van der Waals surface area contributed by atoms with E-state index in [2.05, 4.69) is 0 Å². The fourth-order valence-corrected chi connectivity index (χ4v) is 5.37. The quantitative estimate of drug-likeness (QED) is 0.817. The fourth-order valence-electron chi connectivity index (χ4n) is 3.97. The summed E-state index contributed by atoms with van der Waals surface area (Å²) in [7, 11) is -1.38. The number of aromatic nitrogens is 1. The van der Waals surface area contributed by atoms with Crippen LogP contribution in [0.1, 0.15) is 36.2 Å². The van der Waals surface area contributed by atoms with Crippen molar-refractivity contribution in [2.75, 3.05) is 25.9 Å². The Hall–Kier alpha value is -1.34. The van der Waals surface area contributed by atoms with E-state index in [0.717, 1.165) is 25.7 Å². The summed E-state index contributed by atoms with van der Waals surface area (Å²) >= 11 is 0. The van der Waals surface area contributed by atoms with Gasteiger partial charge in [0.15, 0.2) is 0 Å². The van der Waals surface area contributed by atoms with Crippen molar-refractivity contribution < 1.29 is 13.2 Å². The van der Waals surface area contributed by atoms with Crippen molar-refractivity contribution in [3.8, 4) is 0 Å². The zero-order valence-electron chi connectivity index (χ0n) is 13.2. The van der Waals surface area contributed by atoms with Gasteiger partial charge < -0.3 is 9.47 Å². The summed E-state index contributed by atoms with van der Waals surface area (Å²) in [6.45, 7) is 1.78. The van der Waals surface area contributed by atoms with Crippen molar-refractivity contribution in [3.63, 3.8) is 0 Å². The standard InChI is InChI=1S/C15H23N3O3S/c1-16-9-3-6-13(16)14(19)17-10-4-7-15(12-17)8-5-11-18(15)22(2,20)21/h3,6,9H,4-5,7-8,10-12H2,1-2H3/t15-/m1/s1. The highest BCUT2D eigenvalue weighted by Crippen LogP contribution is 2.39. The SMILES string of the molecule is Cn1cccc1C(=O)N1CCC[C@@]2(CCCN2S(C)(=O)=O)C1. The molecule has 7 heteroatoms. The molecule has 1 aromatic rings. The fraction of sp³-hybridized carbons (Fsp3) is 0.667. The van der Waals surface area contributed by atoms with Gasteiger partial charge in [0.2, 0.25) is 10.0 Å². The summed E-state index contributed by atoms with van der Waals surface area (Å²) in [5, 5.41) is 0. The smallest absolute Gasteiger partial charge is 0.270 e. The Labute approximate surface area is 131 Å². The molecule has 1 amide bonds. The summed E-state index contributed by atoms with van der Waals surface area (Å²) in [5.41, 5.74) is 0.257. The molecule has 22 heavy (non-hydrogen) atoms. The average Bonchev–Trinajstić information content (AvgIpc) is 3.04. The van der Waals surface area contributed by atoms with E-state index < -0.39 is 15.6 Å². The van der Waals surface area contributed by atoms with E-state index >= 15 is 0 Å². The zero-order valence-corrected chi connectivity index (χ0v) is 14.0. The Morgan fingerprint density at radius 3 is 2.50 bits per heavy atom. The van der Waals surface area contributed by atoms with Crippen molar-refractivity contribution >= 4 is 15.9 Å². The second-order valence-corrected chi connectivity index (χ2v) is 8.40. The maximum absolute atomic E-state index is 12.7. The zero-order chi connectivity index (χ0) is 16.0. The van der Waals surface area contributed by atoms with Gasteiger partial charge in [-0.1, -0.05) is 0 Å². The molecule has 0 aliphatic carbocycles. The van der Waals surface area contributed by atoms with Gasteiger partial charge in [0.1, 0.15) is 5.69 Å². The van der Waals surface area contributed by atoms with Crippen LogP contribution in [-0.4, -0.2) is 59.5 Å². The summed E-state index contributed by atoms with van der Waals surface area (Å²) in [6.07, 6.45) is 6.54. The molecule has 2 aliphatic rings. The van der Waals surface area contributed by atoms with Crippen LogP contribution in [0.15, 0.2) is 18.3 Å². The number of carbonyl (C=O) groups is 1. The molecule has 1 atom stereocenters. The first-order chi connectivity index (χ1) is 10.3. The van der Waals surface area contributed by atoms with Gasteiger partial charge in [0, 0.05) is 32.9 Å². The minimum absolute atomic E-state index is 0.00748. The Morgan fingerprint density at radius 2 is 1.91 bits per heavy atom. The predicted molar refractivity (Wildman–Crippen MR) is 84.1 cm³/mol. The largest absolute Gasteiger partial charge is 0.347 e. The highest BCUT2D eigenvalue weighted by molar-refractivity contribution is 7.88. The topological polar surface area (TPSA) is 62.6 Å². The number of hydrogen-bond acceptors (Lipinski definition) is 3. The first kappa shape index (κ1) is 15.6. The minimum atomic E-state index is -3.23. The number of amides is 1. The van der Waals surface area contributed by atoms with Crippen LogP contribution >= 0.6 is 0 Å². The maximum atomic E-state index is 12.7. The van der Waals surface area contributed by atoms with Crippen LogP contribution in [0.25, 0.3) is 0 Å². The molecule has 3 rings (SSSR count). The van der Waals surface area contributed by atoms with Crippen molar-refractivity contribution in [1.82, 2.24) is 13.8 Å². The average molecular weight is 325 g/mol. The number of carbonyl (C=O) groups excluding carboxylic acids is 1. The van der Waals surface area contributed by atoms with E-state index in [1.54, 1.807) is 4.31 Å². The van der Waals surface area contributed by atoms with Gasteiger partial charge in [-0.15, -0.1) is 0 Å². The van der Waals surface area contributed by atoms with Gasteiger partial charge in [0.05, 0.1) is 11.8 Å². The lowest BCUT2D eigenvalue weighted by Crippen LogP contribution is -2.58. The third kappa shape index (κ3) is 2.56. The van der Waals surface area contributed by atoms with Gasteiger partial charge in [-0.3, -0.25) is 4.79 Å². The molecule has 1 aromatic heterocycles. The molecule has 0 saturated carbocycles. The van der Waals surface area contributed by atoms with E-state index in [9.17, 15) is 13.2 Å². The molecule has 122 valence electrons. The Balaban J connectivity index is 1.85. The lowest BCUT2D eigenvalue weighted by molar-refractivity contribution is 0.0516. The second kappa shape index (κ2) is 5.38. The lowest BCUT2D eigenvalue weighted by Gasteiger charge is -2.44. The van der Waals surface area contributed by atoms with Crippen LogP contribution in [0.5, 0.6) is 0 Å². The lowest BCUT2D eigenvalue weighted by atomic mass is 9.87. The third-order valence-corrected chi connectivity index (χ3v) is 6.31. The first-order valence-electron chi connectivity index (χ1n) is 7.72. The van der Waals surface area contributed by atoms with Crippen LogP contribution < -0.4 is 0 Å². The Kier molecular flexibility index (Phi) is 3.81. The number of likely N-dealkylation sites (tertiary alicyclic amines) is 1. The van der Waals surface area contributed by atoms with E-state index in [-0.39, 0.29) is 5.91 Å². The maximum Gasteiger partial charge on any atom is 0.270 e. The van der Waals surface area contributed by atoms with Gasteiger partial charge >= 0.3 is 0 Å². The van der Waals surface area contributed by atoms with E-state index in [1.807, 2.05) is 34.8 Å². The molecule has 3 heterocycles. The highest BCUT2D eigenvalue weighted by Gasteiger charge is 2.48. The van der Waals surface area contributed by atoms with Gasteiger partial charge in [0.25, 0.3) is 5.91 Å². The first-order valence-corrected chi connectivity index (χ1v) is 9.57. The predicted octanol–water partition coefficient (Wildman–Crippen LogP) is 1.06. The molecule has 0 bridgehead atoms. The summed E-state index contributed by atoms with van der Waals surface area (Å²) in [5.74, 6) is -0.00748. The Morgan fingerprint density at radius 1 is 1.23 bits per heavy atom. The molecule has 1 spiro atoms. The number of aryl methyl sites for hydroxylation is 1. The van der Waals surface area contributed by atoms with Crippen molar-refractivity contribution in [2.45, 2.75) is 31.2 Å². The molecule has 2 fully saturated rings. The summed E-state index contributed by atoms with van der Waals surface area (Å²) in [4.78, 5) is 14.5. The van der Waals surface area contributed by atoms with Crippen molar-refractivity contribution in [2.24, 2.45) is 7.05 Å². The summed E-state index contributed by atoms with van der Waals surface area (Å²) in [6, 6.07) is 3.66. The van der Waals surface area contributed by atoms with Crippen LogP contribution in [0.4, 0.5) is 0 Å². The van der Waals surface area contributed by atoms with Gasteiger partial charge in [-0.25, -0.2) is 8.42 Å². The molecule has 0 aromatic carbocycles. The minimum Gasteiger partial charge on any atom is -0.347 e. The van der Waals surface area contributed by atoms with Crippen molar-refractivity contribution in [3.05, 3.63) is 24.0 Å². The monoisotopic (exact) mass is 325 g/mol. The van der Waals surface area contributed by atoms with E-state index in [4.69, 9.17) is 0 Å². The molecule has 0 N–H and O–H groups in total. The Bertz CT molecular complexity index is 682. The van der Waals surface area contributed by atoms with Crippen LogP contribution in [0, 0.1) is 0 Å². The highest BCUT2D eigenvalue weighted by atomic mass is 32.2. The summed E-state index contributed by atoms with van der Waals surface area (Å²) < 4.78 is 27.6. The number of piperidine rings is 1. The number of sulfonamides is 1. The second-order valence-electron chi connectivity index (χ2n) is 6.50. The van der Waals surface area contributed by atoms with Crippen LogP contribution in [-0.2, 0) is 17.1 Å². The third-order valence-electron chi connectivity index (χ3n) is 4.94. The molecule has 2 saturated heterocycles. The molecule has 6 nitrogen and oxygen atoms in total. The normalized spacial score (nSPS) is 26.7. The van der Waals surface area contributed by atoms with Crippen LogP contribution in [0.3, 0.4) is 0 Å². The molecule has 0 radical (unpaired) electrons. The van der Waals surface area contributed by atoms with Crippen LogP contribution in [0.2, 0.25) is 0 Å². The number of rotatable bonds is 2. The molecular weight excluding hydrogens is 302 g/mol. The molecule has 0 unspecified atom stereocenters. The number of hydrogen-bond donors (Lipinski definition) is 0.